The molecule has 0 saturated heterocycles. The summed E-state index contributed by atoms with van der Waals surface area (Å²) < 4.78 is 12.7. The summed E-state index contributed by atoms with van der Waals surface area (Å²) in [6, 6.07) is 8.58. The highest BCUT2D eigenvalue weighted by molar-refractivity contribution is 5.93. The van der Waals surface area contributed by atoms with Crippen LogP contribution in [0.25, 0.3) is 0 Å². The number of para-hydroxylation sites is 2. The quantitative estimate of drug-likeness (QED) is 0.787. The fourth-order valence-corrected chi connectivity index (χ4v) is 2.54. The lowest BCUT2D eigenvalue weighted by atomic mass is 10.1. The minimum atomic E-state index is -0.356. The third-order valence-corrected chi connectivity index (χ3v) is 4.07. The average molecular weight is 358 g/mol. The van der Waals surface area contributed by atoms with Crippen LogP contribution >= 0.6 is 0 Å². The van der Waals surface area contributed by atoms with Gasteiger partial charge in [-0.25, -0.2) is 0 Å². The van der Waals surface area contributed by atoms with Gasteiger partial charge in [-0.2, -0.15) is 0 Å². The molecule has 140 valence electrons. The van der Waals surface area contributed by atoms with Crippen molar-refractivity contribution >= 4 is 11.6 Å². The van der Waals surface area contributed by atoms with Crippen LogP contribution in [0.1, 0.15) is 26.0 Å². The standard InChI is InChI=1S/C20H26N2O4/c1-14(2)9-11-22-12-10-17(23)20(15(22)3)26-13-19(24)21-16-7-5-6-8-18(16)25-4/h5-8,10,12,14H,9,11,13H2,1-4H3,(H,21,24). The summed E-state index contributed by atoms with van der Waals surface area (Å²) >= 11 is 0. The molecule has 2 aromatic rings. The number of hydrogen-bond acceptors (Lipinski definition) is 4. The molecule has 0 unspecified atom stereocenters. The van der Waals surface area contributed by atoms with E-state index in [4.69, 9.17) is 9.47 Å². The van der Waals surface area contributed by atoms with Crippen molar-refractivity contribution in [3.8, 4) is 11.5 Å². The topological polar surface area (TPSA) is 69.6 Å². The van der Waals surface area contributed by atoms with Crippen molar-refractivity contribution in [1.29, 1.82) is 0 Å². The molecule has 0 aliphatic rings. The van der Waals surface area contributed by atoms with E-state index in [1.807, 2.05) is 17.6 Å². The molecule has 6 heteroatoms. The van der Waals surface area contributed by atoms with Crippen LogP contribution in [0.2, 0.25) is 0 Å². The number of carbonyl (C=O) groups excluding carboxylic acids is 1. The Morgan fingerprint density at radius 1 is 1.23 bits per heavy atom. The van der Waals surface area contributed by atoms with Crippen LogP contribution < -0.4 is 20.2 Å². The molecule has 1 amide bonds. The molecule has 1 aromatic carbocycles. The zero-order valence-corrected chi connectivity index (χ0v) is 15.7. The van der Waals surface area contributed by atoms with Crippen molar-refractivity contribution < 1.29 is 14.3 Å². The van der Waals surface area contributed by atoms with Crippen LogP contribution in [-0.2, 0) is 11.3 Å². The van der Waals surface area contributed by atoms with Crippen LogP contribution in [0, 0.1) is 12.8 Å². The monoisotopic (exact) mass is 358 g/mol. The third-order valence-electron chi connectivity index (χ3n) is 4.07. The van der Waals surface area contributed by atoms with E-state index in [2.05, 4.69) is 19.2 Å². The van der Waals surface area contributed by atoms with Gasteiger partial charge < -0.3 is 19.4 Å². The van der Waals surface area contributed by atoms with Gasteiger partial charge in [-0.1, -0.05) is 26.0 Å². The van der Waals surface area contributed by atoms with Crippen molar-refractivity contribution in [2.24, 2.45) is 5.92 Å². The molecule has 0 atom stereocenters. The fraction of sp³-hybridized carbons (Fsp3) is 0.400. The van der Waals surface area contributed by atoms with Gasteiger partial charge in [-0.15, -0.1) is 0 Å². The predicted molar refractivity (Wildman–Crippen MR) is 102 cm³/mol. The first kappa shape index (κ1) is 19.6. The van der Waals surface area contributed by atoms with Gasteiger partial charge in [0.1, 0.15) is 5.75 Å². The molecule has 0 radical (unpaired) electrons. The van der Waals surface area contributed by atoms with E-state index in [1.165, 1.54) is 13.2 Å². The van der Waals surface area contributed by atoms with E-state index in [9.17, 15) is 9.59 Å². The lowest BCUT2D eigenvalue weighted by Gasteiger charge is -2.16. The van der Waals surface area contributed by atoms with Crippen LogP contribution in [0.3, 0.4) is 0 Å². The fourth-order valence-electron chi connectivity index (χ4n) is 2.54. The molecule has 1 N–H and O–H groups in total. The second kappa shape index (κ2) is 9.08. The van der Waals surface area contributed by atoms with Crippen molar-refractivity contribution in [2.45, 2.75) is 33.7 Å². The number of amides is 1. The van der Waals surface area contributed by atoms with Crippen LogP contribution in [0.5, 0.6) is 11.5 Å². The van der Waals surface area contributed by atoms with Crippen LogP contribution in [0.15, 0.2) is 41.3 Å². The van der Waals surface area contributed by atoms with Gasteiger partial charge in [0.05, 0.1) is 18.5 Å². The highest BCUT2D eigenvalue weighted by Crippen LogP contribution is 2.23. The number of ether oxygens (including phenoxy) is 2. The lowest BCUT2D eigenvalue weighted by molar-refractivity contribution is -0.118. The van der Waals surface area contributed by atoms with Gasteiger partial charge in [0.25, 0.3) is 5.91 Å². The maximum Gasteiger partial charge on any atom is 0.262 e. The molecule has 0 fully saturated rings. The van der Waals surface area contributed by atoms with E-state index in [0.29, 0.717) is 17.4 Å². The van der Waals surface area contributed by atoms with E-state index < -0.39 is 0 Å². The van der Waals surface area contributed by atoms with Crippen LogP contribution in [-0.4, -0.2) is 24.2 Å². The molecule has 0 bridgehead atoms. The molecule has 6 nitrogen and oxygen atoms in total. The molecule has 0 spiro atoms. The Morgan fingerprint density at radius 2 is 1.96 bits per heavy atom. The summed E-state index contributed by atoms with van der Waals surface area (Å²) in [5.41, 5.74) is 1.05. The Labute approximate surface area is 153 Å². The highest BCUT2D eigenvalue weighted by atomic mass is 16.5. The Kier molecular flexibility index (Phi) is 6.83. The molecule has 0 saturated carbocycles. The maximum absolute atomic E-state index is 12.2. The Balaban J connectivity index is 2.05. The Morgan fingerprint density at radius 3 is 2.65 bits per heavy atom. The summed E-state index contributed by atoms with van der Waals surface area (Å²) in [5.74, 6) is 0.981. The van der Waals surface area contributed by atoms with E-state index in [-0.39, 0.29) is 23.7 Å². The number of rotatable bonds is 8. The average Bonchev–Trinajstić information content (AvgIpc) is 2.61. The smallest absolute Gasteiger partial charge is 0.262 e. The highest BCUT2D eigenvalue weighted by Gasteiger charge is 2.12. The van der Waals surface area contributed by atoms with Gasteiger partial charge >= 0.3 is 0 Å². The molecule has 2 rings (SSSR count). The van der Waals surface area contributed by atoms with Crippen molar-refractivity contribution in [2.75, 3.05) is 19.0 Å². The second-order valence-corrected chi connectivity index (χ2v) is 6.51. The van der Waals surface area contributed by atoms with Gasteiger partial charge in [-0.3, -0.25) is 9.59 Å². The van der Waals surface area contributed by atoms with E-state index >= 15 is 0 Å². The number of methoxy groups -OCH3 is 1. The number of anilines is 1. The van der Waals surface area contributed by atoms with Crippen LogP contribution in [0.4, 0.5) is 5.69 Å². The number of nitrogens with one attached hydrogen (secondary N) is 1. The summed E-state index contributed by atoms with van der Waals surface area (Å²) in [7, 11) is 1.54. The molecule has 1 aromatic heterocycles. The number of aryl methyl sites for hydroxylation is 1. The van der Waals surface area contributed by atoms with Crippen molar-refractivity contribution in [1.82, 2.24) is 4.57 Å². The van der Waals surface area contributed by atoms with Gasteiger partial charge in [0, 0.05) is 18.8 Å². The SMILES string of the molecule is COc1ccccc1NC(=O)COc1c(C)n(CCC(C)C)ccc1=O. The number of pyridine rings is 1. The van der Waals surface area contributed by atoms with Crippen molar-refractivity contribution in [3.63, 3.8) is 0 Å². The van der Waals surface area contributed by atoms with Gasteiger partial charge in [-0.05, 0) is 31.4 Å². The maximum atomic E-state index is 12.2. The normalized spacial score (nSPS) is 10.7. The minimum Gasteiger partial charge on any atom is -0.495 e. The first-order valence-corrected chi connectivity index (χ1v) is 8.68. The summed E-state index contributed by atoms with van der Waals surface area (Å²) in [5, 5.41) is 2.73. The largest absolute Gasteiger partial charge is 0.495 e. The molecule has 0 aliphatic carbocycles. The summed E-state index contributed by atoms with van der Waals surface area (Å²) in [4.78, 5) is 24.3. The number of carbonyl (C=O) groups is 1. The molecule has 1 heterocycles. The molecule has 26 heavy (non-hydrogen) atoms. The van der Waals surface area contributed by atoms with E-state index in [0.717, 1.165) is 18.7 Å². The Hall–Kier alpha value is -2.76. The first-order chi connectivity index (χ1) is 12.4. The lowest BCUT2D eigenvalue weighted by Crippen LogP contribution is -2.24. The number of aromatic nitrogens is 1. The predicted octanol–water partition coefficient (Wildman–Crippen LogP) is 3.23. The third kappa shape index (κ3) is 5.12. The molecular formula is C20H26N2O4. The van der Waals surface area contributed by atoms with Crippen molar-refractivity contribution in [3.05, 3.63) is 52.4 Å². The molecule has 0 aliphatic heterocycles. The number of benzene rings is 1. The second-order valence-electron chi connectivity index (χ2n) is 6.51. The molecular weight excluding hydrogens is 332 g/mol. The Bertz CT molecular complexity index is 812. The van der Waals surface area contributed by atoms with Gasteiger partial charge in [0.2, 0.25) is 5.43 Å². The van der Waals surface area contributed by atoms with E-state index in [1.54, 1.807) is 24.4 Å². The summed E-state index contributed by atoms with van der Waals surface area (Å²) in [6.07, 6.45) is 2.76. The number of nitrogens with zero attached hydrogens (tertiary/aromatic N) is 1. The minimum absolute atomic E-state index is 0.214. The van der Waals surface area contributed by atoms with Gasteiger partial charge in [0.15, 0.2) is 12.4 Å². The summed E-state index contributed by atoms with van der Waals surface area (Å²) in [6.45, 7) is 6.68. The first-order valence-electron chi connectivity index (χ1n) is 8.68. The zero-order valence-electron chi connectivity index (χ0n) is 15.7. The zero-order chi connectivity index (χ0) is 19.1. The number of hydrogen-bond donors (Lipinski definition) is 1.